The average Bonchev–Trinajstić information content (AvgIpc) is 2.07. The van der Waals surface area contributed by atoms with E-state index in [0.29, 0.717) is 18.2 Å². The summed E-state index contributed by atoms with van der Waals surface area (Å²) in [7, 11) is 0. The van der Waals surface area contributed by atoms with Crippen LogP contribution in [0.1, 0.15) is 31.8 Å². The normalized spacial score (nSPS) is 11.3. The molecule has 0 atom stereocenters. The van der Waals surface area contributed by atoms with Gasteiger partial charge in [0.25, 0.3) is 6.43 Å². The molecule has 0 bridgehead atoms. The summed E-state index contributed by atoms with van der Waals surface area (Å²) in [5.74, 6) is 0.758. The van der Waals surface area contributed by atoms with Gasteiger partial charge in [0.15, 0.2) is 0 Å². The molecule has 2 N–H and O–H groups in total. The third-order valence-electron chi connectivity index (χ3n) is 1.70. The SMILES string of the molecule is CC(C)Cc1ncc(N)c(C(F)F)n1. The monoisotopic (exact) mass is 201 g/mol. The van der Waals surface area contributed by atoms with Crippen LogP contribution in [0.25, 0.3) is 0 Å². The fraction of sp³-hybridized carbons (Fsp3) is 0.556. The molecule has 0 saturated heterocycles. The number of nitrogen functional groups attached to an aromatic ring is 1. The third-order valence-corrected chi connectivity index (χ3v) is 1.70. The molecule has 1 aromatic rings. The second-order valence-electron chi connectivity index (χ2n) is 3.53. The Morgan fingerprint density at radius 2 is 2.07 bits per heavy atom. The lowest BCUT2D eigenvalue weighted by atomic mass is 10.1. The van der Waals surface area contributed by atoms with E-state index in [-0.39, 0.29) is 11.4 Å². The summed E-state index contributed by atoms with van der Waals surface area (Å²) in [5, 5.41) is 0. The minimum Gasteiger partial charge on any atom is -0.396 e. The molecule has 0 aliphatic rings. The minimum atomic E-state index is -2.64. The lowest BCUT2D eigenvalue weighted by Gasteiger charge is -2.07. The highest BCUT2D eigenvalue weighted by Crippen LogP contribution is 2.22. The first-order valence-corrected chi connectivity index (χ1v) is 4.40. The maximum absolute atomic E-state index is 12.4. The van der Waals surface area contributed by atoms with E-state index in [2.05, 4.69) is 9.97 Å². The number of rotatable bonds is 3. The molecule has 0 saturated carbocycles. The van der Waals surface area contributed by atoms with Gasteiger partial charge in [0, 0.05) is 6.42 Å². The van der Waals surface area contributed by atoms with Crippen LogP contribution in [0.4, 0.5) is 14.5 Å². The highest BCUT2D eigenvalue weighted by Gasteiger charge is 2.14. The molecule has 3 nitrogen and oxygen atoms in total. The van der Waals surface area contributed by atoms with E-state index in [0.717, 1.165) is 0 Å². The van der Waals surface area contributed by atoms with Crippen LogP contribution in [0.15, 0.2) is 6.20 Å². The van der Waals surface area contributed by atoms with Crippen molar-refractivity contribution in [2.24, 2.45) is 5.92 Å². The molecular weight excluding hydrogens is 188 g/mol. The molecule has 78 valence electrons. The van der Waals surface area contributed by atoms with Crippen molar-refractivity contribution < 1.29 is 8.78 Å². The predicted molar refractivity (Wildman–Crippen MR) is 49.9 cm³/mol. The van der Waals surface area contributed by atoms with E-state index in [1.807, 2.05) is 13.8 Å². The number of alkyl halides is 2. The molecule has 0 aliphatic heterocycles. The maximum atomic E-state index is 12.4. The molecule has 0 unspecified atom stereocenters. The van der Waals surface area contributed by atoms with Crippen LogP contribution in [-0.4, -0.2) is 9.97 Å². The number of nitrogens with zero attached hydrogens (tertiary/aromatic N) is 2. The fourth-order valence-electron chi connectivity index (χ4n) is 1.08. The predicted octanol–water partition coefficient (Wildman–Crippen LogP) is 2.19. The molecule has 0 radical (unpaired) electrons. The van der Waals surface area contributed by atoms with Gasteiger partial charge in [-0.25, -0.2) is 18.7 Å². The third kappa shape index (κ3) is 2.61. The van der Waals surface area contributed by atoms with E-state index in [9.17, 15) is 8.78 Å². The molecule has 1 aromatic heterocycles. The number of anilines is 1. The van der Waals surface area contributed by atoms with Crippen molar-refractivity contribution in [3.05, 3.63) is 17.7 Å². The Labute approximate surface area is 81.4 Å². The minimum absolute atomic E-state index is 0.0486. The molecule has 5 heteroatoms. The van der Waals surface area contributed by atoms with Crippen molar-refractivity contribution in [1.29, 1.82) is 0 Å². The molecule has 0 aromatic carbocycles. The second-order valence-corrected chi connectivity index (χ2v) is 3.53. The Balaban J connectivity index is 2.94. The van der Waals surface area contributed by atoms with E-state index in [1.165, 1.54) is 6.20 Å². The van der Waals surface area contributed by atoms with Crippen LogP contribution >= 0.6 is 0 Å². The van der Waals surface area contributed by atoms with Crippen LogP contribution in [-0.2, 0) is 6.42 Å². The van der Waals surface area contributed by atoms with Crippen LogP contribution in [0.2, 0.25) is 0 Å². The lowest BCUT2D eigenvalue weighted by Crippen LogP contribution is -2.06. The largest absolute Gasteiger partial charge is 0.396 e. The van der Waals surface area contributed by atoms with E-state index < -0.39 is 6.43 Å². The first-order chi connectivity index (χ1) is 6.50. The molecule has 0 fully saturated rings. The van der Waals surface area contributed by atoms with Crippen LogP contribution < -0.4 is 5.73 Å². The number of aromatic nitrogens is 2. The molecule has 14 heavy (non-hydrogen) atoms. The summed E-state index contributed by atoms with van der Waals surface area (Å²) in [4.78, 5) is 7.62. The summed E-state index contributed by atoms with van der Waals surface area (Å²) in [6, 6.07) is 0. The molecule has 0 spiro atoms. The van der Waals surface area contributed by atoms with Crippen LogP contribution in [0.3, 0.4) is 0 Å². The zero-order chi connectivity index (χ0) is 10.7. The van der Waals surface area contributed by atoms with Crippen molar-refractivity contribution in [3.63, 3.8) is 0 Å². The molecule has 0 amide bonds. The molecule has 1 rings (SSSR count). The molecule has 1 heterocycles. The van der Waals surface area contributed by atoms with E-state index >= 15 is 0 Å². The Bertz CT molecular complexity index is 313. The average molecular weight is 201 g/mol. The van der Waals surface area contributed by atoms with Gasteiger partial charge in [0.05, 0.1) is 11.9 Å². The Kier molecular flexibility index (Phi) is 3.33. The van der Waals surface area contributed by atoms with Gasteiger partial charge >= 0.3 is 0 Å². The van der Waals surface area contributed by atoms with Gasteiger partial charge in [-0.15, -0.1) is 0 Å². The fourth-order valence-corrected chi connectivity index (χ4v) is 1.08. The highest BCUT2D eigenvalue weighted by atomic mass is 19.3. The van der Waals surface area contributed by atoms with Gasteiger partial charge in [0.1, 0.15) is 11.5 Å². The van der Waals surface area contributed by atoms with Crippen molar-refractivity contribution in [1.82, 2.24) is 9.97 Å². The van der Waals surface area contributed by atoms with E-state index in [4.69, 9.17) is 5.73 Å². The topological polar surface area (TPSA) is 51.8 Å². The second kappa shape index (κ2) is 4.30. The van der Waals surface area contributed by atoms with Gasteiger partial charge in [-0.3, -0.25) is 0 Å². The number of halogens is 2. The van der Waals surface area contributed by atoms with Gasteiger partial charge in [0.2, 0.25) is 0 Å². The van der Waals surface area contributed by atoms with Crippen molar-refractivity contribution in [2.45, 2.75) is 26.7 Å². The number of hydrogen-bond donors (Lipinski definition) is 1. The Morgan fingerprint density at radius 3 is 2.57 bits per heavy atom. The first kappa shape index (κ1) is 10.8. The summed E-state index contributed by atoms with van der Waals surface area (Å²) in [6.45, 7) is 3.95. The molecule has 0 aliphatic carbocycles. The first-order valence-electron chi connectivity index (χ1n) is 4.40. The van der Waals surface area contributed by atoms with Crippen molar-refractivity contribution in [3.8, 4) is 0 Å². The summed E-state index contributed by atoms with van der Waals surface area (Å²) in [5.41, 5.74) is 4.90. The summed E-state index contributed by atoms with van der Waals surface area (Å²) < 4.78 is 24.8. The smallest absolute Gasteiger partial charge is 0.282 e. The summed E-state index contributed by atoms with van der Waals surface area (Å²) >= 11 is 0. The van der Waals surface area contributed by atoms with E-state index in [1.54, 1.807) is 0 Å². The number of hydrogen-bond acceptors (Lipinski definition) is 3. The highest BCUT2D eigenvalue weighted by molar-refractivity contribution is 5.40. The van der Waals surface area contributed by atoms with Crippen molar-refractivity contribution in [2.75, 3.05) is 5.73 Å². The van der Waals surface area contributed by atoms with Gasteiger partial charge < -0.3 is 5.73 Å². The van der Waals surface area contributed by atoms with Gasteiger partial charge in [-0.1, -0.05) is 13.8 Å². The Hall–Kier alpha value is -1.26. The lowest BCUT2D eigenvalue weighted by molar-refractivity contribution is 0.146. The quantitative estimate of drug-likeness (QED) is 0.815. The van der Waals surface area contributed by atoms with Crippen LogP contribution in [0, 0.1) is 5.92 Å². The zero-order valence-corrected chi connectivity index (χ0v) is 8.17. The molecular formula is C9H13F2N3. The Morgan fingerprint density at radius 1 is 1.43 bits per heavy atom. The zero-order valence-electron chi connectivity index (χ0n) is 8.17. The number of nitrogens with two attached hydrogens (primary N) is 1. The van der Waals surface area contributed by atoms with Gasteiger partial charge in [-0.2, -0.15) is 0 Å². The summed E-state index contributed by atoms with van der Waals surface area (Å²) in [6.07, 6.45) is -0.810. The standard InChI is InChI=1S/C9H13F2N3/c1-5(2)3-7-13-4-6(12)8(14-7)9(10)11/h4-5,9H,3,12H2,1-2H3. The maximum Gasteiger partial charge on any atom is 0.282 e. The van der Waals surface area contributed by atoms with Crippen molar-refractivity contribution >= 4 is 5.69 Å². The van der Waals surface area contributed by atoms with Crippen LogP contribution in [0.5, 0.6) is 0 Å². The van der Waals surface area contributed by atoms with Gasteiger partial charge in [-0.05, 0) is 5.92 Å².